The average molecular weight is 443 g/mol. The van der Waals surface area contributed by atoms with E-state index in [4.69, 9.17) is 14.2 Å². The molecule has 0 bridgehead atoms. The lowest BCUT2D eigenvalue weighted by molar-refractivity contribution is -0.153. The van der Waals surface area contributed by atoms with Gasteiger partial charge in [-0.3, -0.25) is 4.79 Å². The second kappa shape index (κ2) is 12.0. The summed E-state index contributed by atoms with van der Waals surface area (Å²) < 4.78 is 16.2. The number of likely N-dealkylation sites (tertiary alicyclic amines) is 1. The predicted molar refractivity (Wildman–Crippen MR) is 115 cm³/mol. The number of aliphatic hydroxyl groups is 1. The Hall–Kier alpha value is -2.13. The fourth-order valence-corrected chi connectivity index (χ4v) is 3.47. The van der Waals surface area contributed by atoms with Crippen molar-refractivity contribution >= 4 is 18.0 Å². The maximum atomic E-state index is 13.5. The maximum absolute atomic E-state index is 13.5. The molecule has 0 saturated carbocycles. The molecule has 0 spiro atoms. The quantitative estimate of drug-likeness (QED) is 0.394. The number of carbonyl (C=O) groups is 3. The predicted octanol–water partition coefficient (Wildman–Crippen LogP) is 2.16. The number of esters is 1. The Balaban J connectivity index is 3.14. The number of ether oxygens (including phenoxy) is 3. The third-order valence-electron chi connectivity index (χ3n) is 4.93. The molecule has 0 aliphatic carbocycles. The number of alkyl carbamates (subject to hydrolysis) is 1. The summed E-state index contributed by atoms with van der Waals surface area (Å²) in [6.45, 7) is 12.6. The molecule has 178 valence electrons. The van der Waals surface area contributed by atoms with E-state index >= 15 is 0 Å². The summed E-state index contributed by atoms with van der Waals surface area (Å²) >= 11 is 0. The van der Waals surface area contributed by atoms with E-state index in [1.165, 1.54) is 12.0 Å². The lowest BCUT2D eigenvalue weighted by Crippen LogP contribution is -2.58. The molecule has 1 aliphatic rings. The maximum Gasteiger partial charge on any atom is 0.408 e. The number of hydrogen-bond donors (Lipinski definition) is 2. The highest BCUT2D eigenvalue weighted by molar-refractivity contribution is 5.90. The van der Waals surface area contributed by atoms with Crippen molar-refractivity contribution < 1.29 is 33.7 Å². The van der Waals surface area contributed by atoms with E-state index in [1.54, 1.807) is 26.8 Å². The first kappa shape index (κ1) is 26.9. The van der Waals surface area contributed by atoms with Gasteiger partial charge in [0, 0.05) is 13.0 Å². The van der Waals surface area contributed by atoms with E-state index in [2.05, 4.69) is 11.9 Å². The number of methoxy groups -OCH3 is 1. The number of hydrogen-bond acceptors (Lipinski definition) is 7. The van der Waals surface area contributed by atoms with Crippen molar-refractivity contribution in [2.24, 2.45) is 0 Å². The number of amides is 2. The molecular formula is C22H38N2O7. The summed E-state index contributed by atoms with van der Waals surface area (Å²) in [5, 5.41) is 12.7. The molecule has 0 aromatic rings. The minimum absolute atomic E-state index is 0.0342. The molecule has 9 heteroatoms. The van der Waals surface area contributed by atoms with Gasteiger partial charge in [0.15, 0.2) is 0 Å². The van der Waals surface area contributed by atoms with Gasteiger partial charge in [-0.1, -0.05) is 13.0 Å². The summed E-state index contributed by atoms with van der Waals surface area (Å²) in [6, 6.07) is -2.02. The summed E-state index contributed by atoms with van der Waals surface area (Å²) in [5.41, 5.74) is -0.754. The lowest BCUT2D eigenvalue weighted by atomic mass is 10.1. The van der Waals surface area contributed by atoms with Crippen LogP contribution in [0.4, 0.5) is 4.79 Å². The van der Waals surface area contributed by atoms with E-state index in [1.807, 2.05) is 13.8 Å². The molecule has 1 fully saturated rings. The third kappa shape index (κ3) is 8.49. The summed E-state index contributed by atoms with van der Waals surface area (Å²) in [7, 11) is 1.23. The summed E-state index contributed by atoms with van der Waals surface area (Å²) in [6.07, 6.45) is 1.29. The normalized spacial score (nSPS) is 21.7. The molecule has 0 aromatic carbocycles. The molecule has 0 aromatic heterocycles. The van der Waals surface area contributed by atoms with Crippen molar-refractivity contribution in [2.45, 2.75) is 96.3 Å². The number of allylic oxidation sites excluding steroid dienone is 1. The van der Waals surface area contributed by atoms with Gasteiger partial charge in [0.2, 0.25) is 5.91 Å². The number of aliphatic hydroxyl groups excluding tert-OH is 1. The van der Waals surface area contributed by atoms with Crippen LogP contribution in [-0.2, 0) is 23.8 Å². The number of carbonyl (C=O) groups excluding carboxylic acids is 3. The minimum Gasteiger partial charge on any atom is -0.467 e. The topological polar surface area (TPSA) is 114 Å². The third-order valence-corrected chi connectivity index (χ3v) is 4.93. The number of rotatable bonds is 10. The molecule has 9 nitrogen and oxygen atoms in total. The fraction of sp³-hybridized carbons (Fsp3) is 0.773. The van der Waals surface area contributed by atoms with Crippen LogP contribution in [0.3, 0.4) is 0 Å². The molecule has 0 radical (unpaired) electrons. The van der Waals surface area contributed by atoms with Gasteiger partial charge < -0.3 is 29.5 Å². The molecule has 2 amide bonds. The van der Waals surface area contributed by atoms with Crippen LogP contribution in [0.5, 0.6) is 0 Å². The van der Waals surface area contributed by atoms with Crippen LogP contribution in [0, 0.1) is 0 Å². The first-order valence-electron chi connectivity index (χ1n) is 10.8. The van der Waals surface area contributed by atoms with Crippen LogP contribution >= 0.6 is 0 Å². The zero-order chi connectivity index (χ0) is 23.8. The highest BCUT2D eigenvalue weighted by Gasteiger charge is 2.44. The first-order chi connectivity index (χ1) is 14.4. The van der Waals surface area contributed by atoms with E-state index in [9.17, 15) is 19.5 Å². The van der Waals surface area contributed by atoms with Gasteiger partial charge >= 0.3 is 12.1 Å². The summed E-state index contributed by atoms with van der Waals surface area (Å²) in [5.74, 6) is -1.14. The van der Waals surface area contributed by atoms with E-state index in [-0.39, 0.29) is 19.1 Å². The van der Waals surface area contributed by atoms with Crippen molar-refractivity contribution in [1.82, 2.24) is 10.2 Å². The minimum atomic E-state index is -1.09. The van der Waals surface area contributed by atoms with Crippen molar-refractivity contribution in [3.05, 3.63) is 12.7 Å². The zero-order valence-electron chi connectivity index (χ0n) is 19.6. The van der Waals surface area contributed by atoms with Crippen molar-refractivity contribution in [3.63, 3.8) is 0 Å². The highest BCUT2D eigenvalue weighted by Crippen LogP contribution is 2.23. The Morgan fingerprint density at radius 1 is 1.32 bits per heavy atom. The van der Waals surface area contributed by atoms with Crippen LogP contribution in [0.2, 0.25) is 0 Å². The largest absolute Gasteiger partial charge is 0.467 e. The Labute approximate surface area is 185 Å². The SMILES string of the molecule is C=CCCC(C)O[C@@H](CC)[C@H](NC(=O)OC(C)(C)C)C(=O)N1C[C@H](O)C[C@H]1C(=O)OC. The van der Waals surface area contributed by atoms with E-state index in [0.717, 1.165) is 6.42 Å². The molecular weight excluding hydrogens is 404 g/mol. The van der Waals surface area contributed by atoms with Crippen LogP contribution in [0.25, 0.3) is 0 Å². The smallest absolute Gasteiger partial charge is 0.408 e. The first-order valence-corrected chi connectivity index (χ1v) is 10.8. The molecule has 2 N–H and O–H groups in total. The lowest BCUT2D eigenvalue weighted by Gasteiger charge is -2.33. The highest BCUT2D eigenvalue weighted by atomic mass is 16.6. The summed E-state index contributed by atoms with van der Waals surface area (Å²) in [4.78, 5) is 39.4. The molecule has 1 aliphatic heterocycles. The Morgan fingerprint density at radius 2 is 1.97 bits per heavy atom. The Kier molecular flexibility index (Phi) is 10.5. The Morgan fingerprint density at radius 3 is 2.48 bits per heavy atom. The van der Waals surface area contributed by atoms with Crippen molar-refractivity contribution in [1.29, 1.82) is 0 Å². The average Bonchev–Trinajstić information content (AvgIpc) is 3.08. The van der Waals surface area contributed by atoms with Crippen LogP contribution in [-0.4, -0.2) is 77.6 Å². The number of nitrogens with zero attached hydrogens (tertiary/aromatic N) is 1. The zero-order valence-corrected chi connectivity index (χ0v) is 19.6. The van der Waals surface area contributed by atoms with Gasteiger partial charge in [-0.05, 0) is 47.0 Å². The van der Waals surface area contributed by atoms with Crippen molar-refractivity contribution in [3.8, 4) is 0 Å². The van der Waals surface area contributed by atoms with Gasteiger partial charge in [0.25, 0.3) is 0 Å². The standard InChI is InChI=1S/C22H38N2O7/c1-8-10-11-14(3)30-17(9-2)18(23-21(28)31-22(4,5)6)19(26)24-13-15(25)12-16(24)20(27)29-7/h8,14-18,25H,1,9-13H2,2-7H3,(H,23,28)/t14?,15-,16+,17+,18+/m1/s1. The van der Waals surface area contributed by atoms with E-state index < -0.39 is 47.9 Å². The van der Waals surface area contributed by atoms with Gasteiger partial charge in [0.05, 0.1) is 25.4 Å². The van der Waals surface area contributed by atoms with Crippen molar-refractivity contribution in [2.75, 3.05) is 13.7 Å². The second-order valence-corrected chi connectivity index (χ2v) is 8.80. The Bertz CT molecular complexity index is 632. The molecule has 1 rings (SSSR count). The molecule has 1 saturated heterocycles. The number of nitrogens with one attached hydrogen (secondary N) is 1. The van der Waals surface area contributed by atoms with E-state index in [0.29, 0.717) is 12.8 Å². The van der Waals surface area contributed by atoms with Gasteiger partial charge in [-0.2, -0.15) is 0 Å². The van der Waals surface area contributed by atoms with Crippen LogP contribution < -0.4 is 5.32 Å². The van der Waals surface area contributed by atoms with Gasteiger partial charge in [0.1, 0.15) is 17.7 Å². The monoisotopic (exact) mass is 442 g/mol. The number of β-amino-alcohol motifs (C(OH)–C–C–N with tert-alkyl or cyclic N) is 1. The fourth-order valence-electron chi connectivity index (χ4n) is 3.47. The molecule has 31 heavy (non-hydrogen) atoms. The molecule has 1 unspecified atom stereocenters. The molecule has 1 heterocycles. The van der Waals surface area contributed by atoms with Gasteiger partial charge in [-0.25, -0.2) is 9.59 Å². The molecule has 5 atom stereocenters. The van der Waals surface area contributed by atoms with Crippen LogP contribution in [0.1, 0.15) is 60.3 Å². The van der Waals surface area contributed by atoms with Crippen LogP contribution in [0.15, 0.2) is 12.7 Å². The second-order valence-electron chi connectivity index (χ2n) is 8.80. The van der Waals surface area contributed by atoms with Gasteiger partial charge in [-0.15, -0.1) is 6.58 Å².